The average Bonchev–Trinajstić information content (AvgIpc) is 3.36. The number of hydrogen-bond donors (Lipinski definition) is 9. The standard InChI is InChI=1S/C54H75FN6O13S.C2H6/c1-32(14-12-13-27-56-41(62)30-33-20-25-39(26-21-33)75(55,73)74)44(63)57-31-34-17-23-37(24-18-34)45(64)58-40(29-35-19-22-36-15-10-11-16-38(36)28-35)46(65)61-54(8,9)52(4,5)43(48(68)69)60-50(72)59-42(47(66)67)51(2,3)53(6,7)49(70)71;1-2/h10-11,15-16,19-22,25-26,28,32,34,37,40,42-43H,12-14,17-18,23-24,27,29-31H2,1-9H3,(H,56,62)(H,57,63)(H,58,64)(H,61,65)(H,66,67)(H,68,69)(H,70,71)(H2,59,60,72);1-2H3. The minimum atomic E-state index is -4.82. The minimum absolute atomic E-state index is 0.00269. The molecule has 4 rings (SSSR count). The molecule has 1 fully saturated rings. The fraction of sp³-hybridized carbons (Fsp3) is 0.571. The monoisotopic (exact) mass is 1100 g/mol. The van der Waals surface area contributed by atoms with Gasteiger partial charge in [0, 0.05) is 47.7 Å². The lowest BCUT2D eigenvalue weighted by molar-refractivity contribution is -0.159. The predicted octanol–water partition coefficient (Wildman–Crippen LogP) is 6.90. The molecule has 1 aliphatic rings. The van der Waals surface area contributed by atoms with Crippen molar-refractivity contribution in [1.82, 2.24) is 31.9 Å². The van der Waals surface area contributed by atoms with Crippen molar-refractivity contribution >= 4 is 68.6 Å². The van der Waals surface area contributed by atoms with Crippen molar-refractivity contribution in [1.29, 1.82) is 0 Å². The highest BCUT2D eigenvalue weighted by molar-refractivity contribution is 7.86. The van der Waals surface area contributed by atoms with Gasteiger partial charge in [-0.05, 0) is 106 Å². The van der Waals surface area contributed by atoms with Gasteiger partial charge >= 0.3 is 34.2 Å². The molecular weight excluding hydrogens is 1020 g/mol. The van der Waals surface area contributed by atoms with Crippen LogP contribution in [0.1, 0.15) is 132 Å². The lowest BCUT2D eigenvalue weighted by Gasteiger charge is -2.46. The number of rotatable bonds is 26. The summed E-state index contributed by atoms with van der Waals surface area (Å²) in [5.41, 5.74) is -4.87. The first-order valence-electron chi connectivity index (χ1n) is 26.2. The summed E-state index contributed by atoms with van der Waals surface area (Å²) >= 11 is 0. The Labute approximate surface area is 452 Å². The number of aliphatic carboxylic acids is 3. The molecule has 3 aromatic rings. The van der Waals surface area contributed by atoms with Crippen LogP contribution < -0.4 is 31.9 Å². The Morgan fingerprint density at radius 2 is 1.22 bits per heavy atom. The van der Waals surface area contributed by atoms with Gasteiger partial charge in [0.15, 0.2) is 0 Å². The lowest BCUT2D eigenvalue weighted by atomic mass is 9.63. The van der Waals surface area contributed by atoms with Crippen LogP contribution in [-0.2, 0) is 56.6 Å². The third-order valence-electron chi connectivity index (χ3n) is 15.8. The van der Waals surface area contributed by atoms with Crippen molar-refractivity contribution in [2.45, 2.75) is 163 Å². The number of hydrogen-bond acceptors (Lipinski definition) is 10. The van der Waals surface area contributed by atoms with E-state index in [1.165, 1.54) is 53.7 Å². The maximum absolute atomic E-state index is 14.5. The molecule has 6 amide bonds. The molecule has 3 aromatic carbocycles. The number of fused-ring (bicyclic) bond motifs is 1. The third kappa shape index (κ3) is 17.7. The first-order chi connectivity index (χ1) is 35.8. The van der Waals surface area contributed by atoms with E-state index in [0.29, 0.717) is 63.6 Å². The van der Waals surface area contributed by atoms with Gasteiger partial charge < -0.3 is 47.2 Å². The van der Waals surface area contributed by atoms with E-state index < -0.39 is 90.8 Å². The van der Waals surface area contributed by atoms with Crippen LogP contribution in [-0.4, -0.2) is 108 Å². The Hall–Kier alpha value is -6.64. The molecule has 426 valence electrons. The van der Waals surface area contributed by atoms with Gasteiger partial charge in [0.2, 0.25) is 23.6 Å². The van der Waals surface area contributed by atoms with Crippen molar-refractivity contribution in [2.75, 3.05) is 13.1 Å². The van der Waals surface area contributed by atoms with E-state index >= 15 is 0 Å². The first kappa shape index (κ1) is 64.6. The SMILES string of the molecule is CC.CC(CCCCNC(=O)Cc1ccc(S(=O)(=O)F)cc1)C(=O)NCC1CCC(C(=O)NC(Cc2ccc3ccccc3c2)C(=O)NC(C)(C)C(C)(C)C(NC(=O)NC(C(=O)O)C(C)(C)C(C)(C)C(=O)O)C(=O)O)CC1. The molecule has 0 saturated heterocycles. The first-order valence-corrected chi connectivity index (χ1v) is 27.6. The van der Waals surface area contributed by atoms with Crippen LogP contribution in [0.4, 0.5) is 8.68 Å². The molecule has 4 unspecified atom stereocenters. The molecule has 4 atom stereocenters. The van der Waals surface area contributed by atoms with Crippen LogP contribution in [0, 0.1) is 34.0 Å². The van der Waals surface area contributed by atoms with Gasteiger partial charge in [-0.25, -0.2) is 14.4 Å². The normalized spacial score (nSPS) is 16.7. The highest BCUT2D eigenvalue weighted by Gasteiger charge is 2.53. The number of amides is 6. The average molecular weight is 1100 g/mol. The molecule has 0 aromatic heterocycles. The van der Waals surface area contributed by atoms with Crippen LogP contribution in [0.2, 0.25) is 0 Å². The van der Waals surface area contributed by atoms with E-state index in [9.17, 15) is 66.0 Å². The number of halogens is 1. The second kappa shape index (κ2) is 27.6. The minimum Gasteiger partial charge on any atom is -0.481 e. The zero-order chi connectivity index (χ0) is 58.3. The van der Waals surface area contributed by atoms with E-state index in [-0.39, 0.29) is 42.4 Å². The molecule has 19 nitrogen and oxygen atoms in total. The van der Waals surface area contributed by atoms with Crippen LogP contribution >= 0.6 is 0 Å². The molecule has 1 saturated carbocycles. The second-order valence-electron chi connectivity index (χ2n) is 22.1. The molecular formula is C56H81FN6O13S. The summed E-state index contributed by atoms with van der Waals surface area (Å²) in [6, 6.07) is 12.5. The number of nitrogens with one attached hydrogen (secondary N) is 6. The van der Waals surface area contributed by atoms with Crippen molar-refractivity contribution in [3.8, 4) is 0 Å². The van der Waals surface area contributed by atoms with Crippen molar-refractivity contribution in [3.05, 3.63) is 77.9 Å². The van der Waals surface area contributed by atoms with E-state index in [4.69, 9.17) is 0 Å². The van der Waals surface area contributed by atoms with Crippen LogP contribution in [0.5, 0.6) is 0 Å². The van der Waals surface area contributed by atoms with Gasteiger partial charge in [-0.3, -0.25) is 24.0 Å². The molecule has 0 heterocycles. The van der Waals surface area contributed by atoms with Gasteiger partial charge in [0.05, 0.1) is 16.7 Å². The Morgan fingerprint density at radius 3 is 1.77 bits per heavy atom. The highest BCUT2D eigenvalue weighted by atomic mass is 32.3. The Balaban J connectivity index is 0.00000771. The molecule has 21 heteroatoms. The van der Waals surface area contributed by atoms with Crippen LogP contribution in [0.25, 0.3) is 10.8 Å². The maximum Gasteiger partial charge on any atom is 0.332 e. The van der Waals surface area contributed by atoms with E-state index in [1.54, 1.807) is 13.8 Å². The summed E-state index contributed by atoms with van der Waals surface area (Å²) in [5, 5.41) is 48.7. The van der Waals surface area contributed by atoms with Crippen molar-refractivity contribution < 1.29 is 66.0 Å². The number of carboxylic acid groups (broad SMARTS) is 3. The molecule has 0 radical (unpaired) electrons. The largest absolute Gasteiger partial charge is 0.481 e. The van der Waals surface area contributed by atoms with Crippen LogP contribution in [0.15, 0.2) is 71.6 Å². The fourth-order valence-corrected chi connectivity index (χ4v) is 9.52. The molecule has 77 heavy (non-hydrogen) atoms. The van der Waals surface area contributed by atoms with E-state index in [0.717, 1.165) is 28.5 Å². The van der Waals surface area contributed by atoms with E-state index in [1.807, 2.05) is 63.2 Å². The topological polar surface area (TPSA) is 304 Å². The molecule has 0 bridgehead atoms. The smallest absolute Gasteiger partial charge is 0.332 e. The third-order valence-corrected chi connectivity index (χ3v) is 16.6. The number of benzene rings is 3. The lowest BCUT2D eigenvalue weighted by Crippen LogP contribution is -2.67. The summed E-state index contributed by atoms with van der Waals surface area (Å²) in [7, 11) is -4.82. The molecule has 0 spiro atoms. The second-order valence-corrected chi connectivity index (χ2v) is 23.4. The van der Waals surface area contributed by atoms with Gasteiger partial charge in [0.25, 0.3) is 0 Å². The number of carbonyl (C=O) groups is 8. The fourth-order valence-electron chi connectivity index (χ4n) is 9.06. The number of carboxylic acids is 3. The van der Waals surface area contributed by atoms with Gasteiger partial charge in [-0.15, -0.1) is 3.89 Å². The Kier molecular flexibility index (Phi) is 23.2. The Bertz CT molecular complexity index is 2690. The summed E-state index contributed by atoms with van der Waals surface area (Å²) in [6.45, 7) is 18.2. The summed E-state index contributed by atoms with van der Waals surface area (Å²) in [4.78, 5) is 104. The van der Waals surface area contributed by atoms with Gasteiger partial charge in [-0.1, -0.05) is 109 Å². The number of carbonyl (C=O) groups excluding carboxylic acids is 5. The number of unbranched alkanes of at least 4 members (excludes halogenated alkanes) is 1. The maximum atomic E-state index is 14.5. The molecule has 1 aliphatic carbocycles. The molecule has 9 N–H and O–H groups in total. The zero-order valence-corrected chi connectivity index (χ0v) is 47.1. The quantitative estimate of drug-likeness (QED) is 0.0292. The van der Waals surface area contributed by atoms with Gasteiger partial charge in [0.1, 0.15) is 18.1 Å². The van der Waals surface area contributed by atoms with Crippen molar-refractivity contribution in [2.24, 2.45) is 34.0 Å². The summed E-state index contributed by atoms with van der Waals surface area (Å²) in [5.74, 6) is -6.29. The van der Waals surface area contributed by atoms with E-state index in [2.05, 4.69) is 31.9 Å². The summed E-state index contributed by atoms with van der Waals surface area (Å²) < 4.78 is 35.2. The molecule has 0 aliphatic heterocycles. The van der Waals surface area contributed by atoms with Gasteiger partial charge in [-0.2, -0.15) is 8.42 Å². The van der Waals surface area contributed by atoms with Crippen LogP contribution in [0.3, 0.4) is 0 Å². The highest BCUT2D eigenvalue weighted by Crippen LogP contribution is 2.42. The Morgan fingerprint density at radius 1 is 0.675 bits per heavy atom. The zero-order valence-electron chi connectivity index (χ0n) is 46.3. The number of urea groups is 1. The van der Waals surface area contributed by atoms with Crippen molar-refractivity contribution in [3.63, 3.8) is 0 Å². The summed E-state index contributed by atoms with van der Waals surface area (Å²) in [6.07, 6.45) is 4.28. The predicted molar refractivity (Wildman–Crippen MR) is 290 cm³/mol.